The second-order valence-corrected chi connectivity index (χ2v) is 3.62. The Morgan fingerprint density at radius 3 is 2.24 bits per heavy atom. The predicted molar refractivity (Wildman–Crippen MR) is 63.0 cm³/mol. The summed E-state index contributed by atoms with van der Waals surface area (Å²) in [6.07, 6.45) is 1.46. The zero-order valence-electron chi connectivity index (χ0n) is 10.2. The number of hydrogen-bond acceptors (Lipinski definition) is 6. The van der Waals surface area contributed by atoms with Crippen molar-refractivity contribution in [3.63, 3.8) is 0 Å². The van der Waals surface area contributed by atoms with Crippen molar-refractivity contribution in [1.82, 2.24) is 0 Å². The van der Waals surface area contributed by atoms with E-state index in [0.29, 0.717) is 26.1 Å². The van der Waals surface area contributed by atoms with Crippen molar-refractivity contribution in [1.29, 1.82) is 0 Å². The Balaban J connectivity index is 0. The molecule has 0 bridgehead atoms. The number of carbonyl (C=O) groups excluding carboxylic acids is 1. The molecule has 0 aromatic carbocycles. The summed E-state index contributed by atoms with van der Waals surface area (Å²) < 4.78 is 4.71. The van der Waals surface area contributed by atoms with Crippen LogP contribution in [-0.2, 0) is 19.3 Å². The van der Waals surface area contributed by atoms with E-state index in [1.165, 1.54) is 0 Å². The van der Waals surface area contributed by atoms with Crippen LogP contribution in [0.2, 0.25) is 0 Å². The number of rotatable bonds is 8. The lowest BCUT2D eigenvalue weighted by molar-refractivity contribution is -0.242. The van der Waals surface area contributed by atoms with Gasteiger partial charge < -0.3 is 4.74 Å². The fourth-order valence-corrected chi connectivity index (χ4v) is 1.15. The molecule has 0 rings (SSSR count). The van der Waals surface area contributed by atoms with Gasteiger partial charge in [0.2, 0.25) is 0 Å². The van der Waals surface area contributed by atoms with Gasteiger partial charge in [0.1, 0.15) is 0 Å². The third kappa shape index (κ3) is 18.2. The molecule has 0 aliphatic heterocycles. The van der Waals surface area contributed by atoms with Crippen LogP contribution in [0, 0.1) is 0 Å². The Hall–Kier alpha value is -0.400. The number of carbonyl (C=O) groups is 1. The number of halogens is 1. The largest absolute Gasteiger partial charge is 0.466 e. The summed E-state index contributed by atoms with van der Waals surface area (Å²) in [7, 11) is 0. The first-order valence-electron chi connectivity index (χ1n) is 5.44. The molecule has 0 fully saturated rings. The van der Waals surface area contributed by atoms with Gasteiger partial charge in [-0.15, -0.1) is 11.6 Å². The van der Waals surface area contributed by atoms with Gasteiger partial charge in [-0.25, -0.2) is 9.78 Å². The Labute approximate surface area is 106 Å². The zero-order chi connectivity index (χ0) is 13.5. The van der Waals surface area contributed by atoms with Gasteiger partial charge in [0.05, 0.1) is 26.2 Å². The third-order valence-corrected chi connectivity index (χ3v) is 1.95. The van der Waals surface area contributed by atoms with Crippen LogP contribution in [0.5, 0.6) is 0 Å². The highest BCUT2D eigenvalue weighted by Gasteiger charge is 2.11. The van der Waals surface area contributed by atoms with Crippen LogP contribution >= 0.6 is 11.6 Å². The molecule has 0 aliphatic carbocycles. The molecule has 0 spiro atoms. The average Bonchev–Trinajstić information content (AvgIpc) is 2.30. The predicted octanol–water partition coefficient (Wildman–Crippen LogP) is 2.31. The van der Waals surface area contributed by atoms with E-state index >= 15 is 0 Å². The fourth-order valence-electron chi connectivity index (χ4n) is 0.872. The summed E-state index contributed by atoms with van der Waals surface area (Å²) >= 11 is 5.81. The van der Waals surface area contributed by atoms with Crippen molar-refractivity contribution in [2.45, 2.75) is 38.5 Å². The molecule has 104 valence electrons. The number of alkyl halides is 1. The summed E-state index contributed by atoms with van der Waals surface area (Å²) in [5.74, 6) is -0.285. The molecule has 0 radical (unpaired) electrons. The Morgan fingerprint density at radius 1 is 1.24 bits per heavy atom. The molecule has 0 saturated carbocycles. The van der Waals surface area contributed by atoms with Crippen LogP contribution in [-0.4, -0.2) is 41.7 Å². The maximum atomic E-state index is 10.9. The average molecular weight is 273 g/mol. The molecule has 0 aromatic heterocycles. The third-order valence-electron chi connectivity index (χ3n) is 1.58. The van der Waals surface area contributed by atoms with Crippen LogP contribution < -0.4 is 0 Å². The SMILES string of the molecule is CCOC(=O)CC(Cl)CCCOO.CCOO. The lowest BCUT2D eigenvalue weighted by Gasteiger charge is -2.07. The van der Waals surface area contributed by atoms with E-state index in [9.17, 15) is 4.79 Å². The maximum Gasteiger partial charge on any atom is 0.307 e. The number of ether oxygens (including phenoxy) is 1. The highest BCUT2D eigenvalue weighted by atomic mass is 35.5. The van der Waals surface area contributed by atoms with Crippen LogP contribution in [0.25, 0.3) is 0 Å². The fraction of sp³-hybridized carbons (Fsp3) is 0.900. The molecule has 0 aliphatic rings. The van der Waals surface area contributed by atoms with E-state index < -0.39 is 0 Å². The standard InChI is InChI=1S/C8H15ClO4.C2H6O2/c1-2-12-8(10)6-7(9)4-3-5-13-11;1-2-4-3/h7,11H,2-6H2,1H3;3H,2H2,1H3. The van der Waals surface area contributed by atoms with E-state index in [-0.39, 0.29) is 24.4 Å². The van der Waals surface area contributed by atoms with E-state index in [4.69, 9.17) is 26.9 Å². The summed E-state index contributed by atoms with van der Waals surface area (Å²) in [5, 5.41) is 15.1. The minimum Gasteiger partial charge on any atom is -0.466 e. The van der Waals surface area contributed by atoms with Gasteiger partial charge in [-0.3, -0.25) is 15.3 Å². The highest BCUT2D eigenvalue weighted by molar-refractivity contribution is 6.21. The van der Waals surface area contributed by atoms with Crippen LogP contribution in [0.1, 0.15) is 33.1 Å². The van der Waals surface area contributed by atoms with Crippen molar-refractivity contribution in [2.24, 2.45) is 0 Å². The van der Waals surface area contributed by atoms with Gasteiger partial charge in [0, 0.05) is 5.38 Å². The topological polar surface area (TPSA) is 85.2 Å². The molecule has 7 heteroatoms. The number of esters is 1. The van der Waals surface area contributed by atoms with Gasteiger partial charge in [0.15, 0.2) is 0 Å². The van der Waals surface area contributed by atoms with E-state index in [0.717, 1.165) is 0 Å². The second-order valence-electron chi connectivity index (χ2n) is 3.00. The molecule has 0 aromatic rings. The van der Waals surface area contributed by atoms with E-state index in [1.807, 2.05) is 0 Å². The normalized spacial score (nSPS) is 11.4. The van der Waals surface area contributed by atoms with Gasteiger partial charge in [-0.2, -0.15) is 0 Å². The summed E-state index contributed by atoms with van der Waals surface area (Å²) in [4.78, 5) is 18.3. The molecule has 0 saturated heterocycles. The van der Waals surface area contributed by atoms with Gasteiger partial charge in [0.25, 0.3) is 0 Å². The van der Waals surface area contributed by atoms with E-state index in [1.54, 1.807) is 13.8 Å². The van der Waals surface area contributed by atoms with Crippen molar-refractivity contribution < 1.29 is 29.8 Å². The highest BCUT2D eigenvalue weighted by Crippen LogP contribution is 2.10. The minimum atomic E-state index is -0.285. The molecule has 6 nitrogen and oxygen atoms in total. The van der Waals surface area contributed by atoms with Crippen molar-refractivity contribution in [3.8, 4) is 0 Å². The summed E-state index contributed by atoms with van der Waals surface area (Å²) in [6, 6.07) is 0. The monoisotopic (exact) mass is 272 g/mol. The van der Waals surface area contributed by atoms with Gasteiger partial charge in [-0.05, 0) is 26.7 Å². The first-order chi connectivity index (χ1) is 8.12. The first kappa shape index (κ1) is 19.0. The van der Waals surface area contributed by atoms with Crippen LogP contribution in [0.15, 0.2) is 0 Å². The Morgan fingerprint density at radius 2 is 1.82 bits per heavy atom. The molecule has 1 atom stereocenters. The summed E-state index contributed by atoms with van der Waals surface area (Å²) in [6.45, 7) is 4.45. The van der Waals surface area contributed by atoms with Gasteiger partial charge in [-0.1, -0.05) is 0 Å². The molecule has 0 heterocycles. The first-order valence-corrected chi connectivity index (χ1v) is 5.88. The van der Waals surface area contributed by atoms with Crippen LogP contribution in [0.4, 0.5) is 0 Å². The molecule has 2 N–H and O–H groups in total. The smallest absolute Gasteiger partial charge is 0.307 e. The second kappa shape index (κ2) is 15.6. The minimum absolute atomic E-state index is 0.209. The Kier molecular flexibility index (Phi) is 17.4. The van der Waals surface area contributed by atoms with Crippen molar-refractivity contribution >= 4 is 17.6 Å². The molecular formula is C10H21ClO6. The van der Waals surface area contributed by atoms with Crippen molar-refractivity contribution in [2.75, 3.05) is 19.8 Å². The van der Waals surface area contributed by atoms with E-state index in [2.05, 4.69) is 9.78 Å². The Bertz CT molecular complexity index is 165. The summed E-state index contributed by atoms with van der Waals surface area (Å²) in [5.41, 5.74) is 0. The molecule has 1 unspecified atom stereocenters. The van der Waals surface area contributed by atoms with Crippen molar-refractivity contribution in [3.05, 3.63) is 0 Å². The maximum absolute atomic E-state index is 10.9. The lowest BCUT2D eigenvalue weighted by Crippen LogP contribution is -2.12. The molecule has 17 heavy (non-hydrogen) atoms. The molecule has 0 amide bonds. The molecular weight excluding hydrogens is 252 g/mol. The quantitative estimate of drug-likeness (QED) is 0.232. The van der Waals surface area contributed by atoms with Crippen LogP contribution in [0.3, 0.4) is 0 Å². The lowest BCUT2D eigenvalue weighted by atomic mass is 10.2. The van der Waals surface area contributed by atoms with Gasteiger partial charge >= 0.3 is 5.97 Å². The zero-order valence-corrected chi connectivity index (χ0v) is 11.0. The number of hydrogen-bond donors (Lipinski definition) is 2.